The molecule has 0 fully saturated rings. The molecule has 96 valence electrons. The van der Waals surface area contributed by atoms with Crippen molar-refractivity contribution in [3.63, 3.8) is 0 Å². The van der Waals surface area contributed by atoms with E-state index in [4.69, 9.17) is 5.26 Å². The largest absolute Gasteiger partial charge is 0.468 e. The molecule has 0 spiro atoms. The van der Waals surface area contributed by atoms with Crippen LogP contribution in [0.1, 0.15) is 23.2 Å². The molecule has 0 saturated heterocycles. The van der Waals surface area contributed by atoms with Gasteiger partial charge in [0, 0.05) is 24.1 Å². The van der Waals surface area contributed by atoms with Gasteiger partial charge in [0.2, 0.25) is 5.91 Å². The molecule has 1 heterocycles. The lowest BCUT2D eigenvalue weighted by molar-refractivity contribution is -0.140. The first-order valence-electron chi connectivity index (χ1n) is 5.68. The van der Waals surface area contributed by atoms with Gasteiger partial charge in [-0.05, 0) is 6.07 Å². The Hall–Kier alpha value is -2.61. The highest BCUT2D eigenvalue weighted by atomic mass is 16.5. The van der Waals surface area contributed by atoms with Crippen molar-refractivity contribution in [2.45, 2.75) is 12.8 Å². The highest BCUT2D eigenvalue weighted by Gasteiger charge is 2.25. The summed E-state index contributed by atoms with van der Waals surface area (Å²) in [6.45, 7) is 1.43. The maximum Gasteiger partial charge on any atom is 0.327 e. The molecule has 0 bridgehead atoms. The zero-order valence-electron chi connectivity index (χ0n) is 10.6. The standard InChI is InChI=1S/C14H12N2O3/c1-9(17)16-8-12(11(7-15)14(18)19-2)10-5-3-4-6-13(10)16/h3-6,8,11H,1-2H3. The first kappa shape index (κ1) is 12.8. The van der Waals surface area contributed by atoms with Crippen molar-refractivity contribution in [2.75, 3.05) is 7.11 Å². The van der Waals surface area contributed by atoms with Crippen molar-refractivity contribution >= 4 is 22.8 Å². The number of ether oxygens (including phenoxy) is 1. The van der Waals surface area contributed by atoms with E-state index >= 15 is 0 Å². The van der Waals surface area contributed by atoms with E-state index in [2.05, 4.69) is 4.74 Å². The number of aromatic nitrogens is 1. The van der Waals surface area contributed by atoms with E-state index in [9.17, 15) is 9.59 Å². The molecule has 1 aromatic carbocycles. The maximum atomic E-state index is 11.6. The molecule has 19 heavy (non-hydrogen) atoms. The maximum absolute atomic E-state index is 11.6. The molecule has 0 amide bonds. The Morgan fingerprint density at radius 3 is 2.63 bits per heavy atom. The van der Waals surface area contributed by atoms with E-state index in [0.29, 0.717) is 16.5 Å². The van der Waals surface area contributed by atoms with E-state index in [1.165, 1.54) is 24.8 Å². The van der Waals surface area contributed by atoms with Gasteiger partial charge in [0.05, 0.1) is 18.7 Å². The van der Waals surface area contributed by atoms with Gasteiger partial charge in [-0.3, -0.25) is 14.2 Å². The number of carbonyl (C=O) groups excluding carboxylic acids is 2. The Kier molecular flexibility index (Phi) is 3.34. The number of para-hydroxylation sites is 1. The second-order valence-electron chi connectivity index (χ2n) is 4.08. The molecule has 0 aliphatic carbocycles. The summed E-state index contributed by atoms with van der Waals surface area (Å²) in [5, 5.41) is 9.85. The molecule has 5 heteroatoms. The van der Waals surface area contributed by atoms with Crippen LogP contribution in [0.25, 0.3) is 10.9 Å². The van der Waals surface area contributed by atoms with Crippen LogP contribution in [-0.4, -0.2) is 23.6 Å². The number of esters is 1. The van der Waals surface area contributed by atoms with E-state index in [0.717, 1.165) is 0 Å². The van der Waals surface area contributed by atoms with Gasteiger partial charge >= 0.3 is 5.97 Å². The topological polar surface area (TPSA) is 72.1 Å². The fraction of sp³-hybridized carbons (Fsp3) is 0.214. The average Bonchev–Trinajstić information content (AvgIpc) is 2.79. The first-order chi connectivity index (χ1) is 9.10. The summed E-state index contributed by atoms with van der Waals surface area (Å²) in [5.74, 6) is -1.84. The second-order valence-corrected chi connectivity index (χ2v) is 4.08. The molecule has 1 aromatic heterocycles. The van der Waals surface area contributed by atoms with Crippen molar-refractivity contribution < 1.29 is 14.3 Å². The number of methoxy groups -OCH3 is 1. The van der Waals surface area contributed by atoms with Gasteiger partial charge < -0.3 is 4.74 Å². The molecule has 1 unspecified atom stereocenters. The summed E-state index contributed by atoms with van der Waals surface area (Å²) in [6.07, 6.45) is 1.53. The molecule has 5 nitrogen and oxygen atoms in total. The summed E-state index contributed by atoms with van der Waals surface area (Å²) < 4.78 is 6.05. The Bertz CT molecular complexity index is 694. The van der Waals surface area contributed by atoms with E-state index in [1.54, 1.807) is 24.3 Å². The monoisotopic (exact) mass is 256 g/mol. The van der Waals surface area contributed by atoms with Gasteiger partial charge in [-0.25, -0.2) is 0 Å². The van der Waals surface area contributed by atoms with Crippen LogP contribution >= 0.6 is 0 Å². The fourth-order valence-electron chi connectivity index (χ4n) is 2.06. The molecule has 0 N–H and O–H groups in total. The summed E-state index contributed by atoms with van der Waals surface area (Å²) >= 11 is 0. The van der Waals surface area contributed by atoms with Crippen molar-refractivity contribution in [3.05, 3.63) is 36.0 Å². The number of benzene rings is 1. The predicted molar refractivity (Wildman–Crippen MR) is 68.6 cm³/mol. The van der Waals surface area contributed by atoms with Crippen LogP contribution in [0, 0.1) is 11.3 Å². The van der Waals surface area contributed by atoms with Crippen molar-refractivity contribution in [1.82, 2.24) is 4.57 Å². The average molecular weight is 256 g/mol. The number of hydrogen-bond donors (Lipinski definition) is 0. The molecule has 0 saturated carbocycles. The quantitative estimate of drug-likeness (QED) is 0.771. The van der Waals surface area contributed by atoms with E-state index in [1.807, 2.05) is 6.07 Å². The SMILES string of the molecule is COC(=O)C(C#N)c1cn(C(C)=O)c2ccccc12. The minimum atomic E-state index is -1.03. The van der Waals surface area contributed by atoms with Gasteiger partial charge in [-0.1, -0.05) is 18.2 Å². The predicted octanol–water partition coefficient (Wildman–Crippen LogP) is 2.08. The Balaban J connectivity index is 2.71. The minimum Gasteiger partial charge on any atom is -0.468 e. The van der Waals surface area contributed by atoms with E-state index in [-0.39, 0.29) is 5.91 Å². The Morgan fingerprint density at radius 1 is 1.37 bits per heavy atom. The third kappa shape index (κ3) is 2.08. The lowest BCUT2D eigenvalue weighted by Gasteiger charge is -2.04. The lowest BCUT2D eigenvalue weighted by atomic mass is 10.0. The van der Waals surface area contributed by atoms with Crippen LogP contribution in [0.3, 0.4) is 0 Å². The minimum absolute atomic E-state index is 0.177. The fourth-order valence-corrected chi connectivity index (χ4v) is 2.06. The van der Waals surface area contributed by atoms with Crippen LogP contribution in [-0.2, 0) is 9.53 Å². The molecule has 0 aliphatic heterocycles. The van der Waals surface area contributed by atoms with Gasteiger partial charge in [0.1, 0.15) is 0 Å². The highest BCUT2D eigenvalue weighted by molar-refractivity contribution is 5.97. The number of carbonyl (C=O) groups is 2. The summed E-state index contributed by atoms with van der Waals surface area (Å²) in [5.41, 5.74) is 1.16. The first-order valence-corrected chi connectivity index (χ1v) is 5.68. The van der Waals surface area contributed by atoms with Crippen LogP contribution in [0.5, 0.6) is 0 Å². The lowest BCUT2D eigenvalue weighted by Crippen LogP contribution is -2.12. The highest BCUT2D eigenvalue weighted by Crippen LogP contribution is 2.28. The van der Waals surface area contributed by atoms with Crippen LogP contribution in [0.4, 0.5) is 0 Å². The zero-order valence-corrected chi connectivity index (χ0v) is 10.6. The normalized spacial score (nSPS) is 11.8. The molecule has 2 aromatic rings. The summed E-state index contributed by atoms with van der Waals surface area (Å²) in [7, 11) is 1.23. The smallest absolute Gasteiger partial charge is 0.327 e. The van der Waals surface area contributed by atoms with Gasteiger partial charge in [0.25, 0.3) is 0 Å². The number of rotatable bonds is 2. The molecule has 2 rings (SSSR count). The zero-order chi connectivity index (χ0) is 14.0. The Labute approximate surface area is 110 Å². The van der Waals surface area contributed by atoms with Crippen LogP contribution in [0.15, 0.2) is 30.5 Å². The summed E-state index contributed by atoms with van der Waals surface area (Å²) in [6, 6.07) is 9.05. The number of hydrogen-bond acceptors (Lipinski definition) is 4. The number of nitriles is 1. The van der Waals surface area contributed by atoms with E-state index < -0.39 is 11.9 Å². The van der Waals surface area contributed by atoms with Crippen molar-refractivity contribution in [2.24, 2.45) is 0 Å². The Morgan fingerprint density at radius 2 is 2.05 bits per heavy atom. The molecular weight excluding hydrogens is 244 g/mol. The molecule has 0 radical (unpaired) electrons. The third-order valence-electron chi connectivity index (χ3n) is 2.96. The van der Waals surface area contributed by atoms with Crippen molar-refractivity contribution in [1.29, 1.82) is 5.26 Å². The molecular formula is C14H12N2O3. The van der Waals surface area contributed by atoms with Crippen molar-refractivity contribution in [3.8, 4) is 6.07 Å². The van der Waals surface area contributed by atoms with Gasteiger partial charge in [-0.2, -0.15) is 5.26 Å². The van der Waals surface area contributed by atoms with Crippen LogP contribution < -0.4 is 0 Å². The van der Waals surface area contributed by atoms with Crippen LogP contribution in [0.2, 0.25) is 0 Å². The van der Waals surface area contributed by atoms with Gasteiger partial charge in [-0.15, -0.1) is 0 Å². The third-order valence-corrected chi connectivity index (χ3v) is 2.96. The van der Waals surface area contributed by atoms with Gasteiger partial charge in [0.15, 0.2) is 5.92 Å². The summed E-state index contributed by atoms with van der Waals surface area (Å²) in [4.78, 5) is 23.2. The number of nitrogens with zero attached hydrogens (tertiary/aromatic N) is 2. The second kappa shape index (κ2) is 4.94. The number of fused-ring (bicyclic) bond motifs is 1. The molecule has 1 atom stereocenters. The molecule has 0 aliphatic rings.